The maximum Gasteiger partial charge on any atom is 0.323 e. The highest BCUT2D eigenvalue weighted by Crippen LogP contribution is 2.32. The Morgan fingerprint density at radius 3 is 2.48 bits per heavy atom. The summed E-state index contributed by atoms with van der Waals surface area (Å²) in [6.07, 6.45) is 1.97. The Bertz CT molecular complexity index is 720. The van der Waals surface area contributed by atoms with Gasteiger partial charge in [0.05, 0.1) is 5.41 Å². The molecule has 0 aliphatic carbocycles. The summed E-state index contributed by atoms with van der Waals surface area (Å²) in [5.41, 5.74) is 0.0215. The fourth-order valence-electron chi connectivity index (χ4n) is 3.72. The number of rotatable bonds is 5. The van der Waals surface area contributed by atoms with Crippen LogP contribution in [0.5, 0.6) is 0 Å². The van der Waals surface area contributed by atoms with E-state index in [1.165, 1.54) is 11.8 Å². The van der Waals surface area contributed by atoms with Gasteiger partial charge < -0.3 is 14.9 Å². The van der Waals surface area contributed by atoms with Crippen LogP contribution in [0.4, 0.5) is 0 Å². The smallest absolute Gasteiger partial charge is 0.323 e. The first-order chi connectivity index (χ1) is 12.6. The van der Waals surface area contributed by atoms with Crippen LogP contribution in [0.2, 0.25) is 5.02 Å². The van der Waals surface area contributed by atoms with Gasteiger partial charge in [-0.25, -0.2) is 0 Å². The van der Waals surface area contributed by atoms with Gasteiger partial charge in [-0.1, -0.05) is 29.8 Å². The fraction of sp³-hybridized carbons (Fsp3) is 0.550. The highest BCUT2D eigenvalue weighted by atomic mass is 35.5. The molecule has 27 heavy (non-hydrogen) atoms. The van der Waals surface area contributed by atoms with Crippen LogP contribution >= 0.6 is 11.6 Å². The number of hydrogen-bond donors (Lipinski definition) is 1. The van der Waals surface area contributed by atoms with Crippen molar-refractivity contribution >= 4 is 29.4 Å². The first kappa shape index (κ1) is 21.2. The number of carboxylic acid groups (broad SMARTS) is 1. The zero-order valence-corrected chi connectivity index (χ0v) is 16.8. The molecule has 1 aromatic carbocycles. The van der Waals surface area contributed by atoms with Gasteiger partial charge in [-0.05, 0) is 44.7 Å². The number of likely N-dealkylation sites (tertiary alicyclic amines) is 1. The molecule has 0 radical (unpaired) electrons. The largest absolute Gasteiger partial charge is 0.480 e. The van der Waals surface area contributed by atoms with E-state index in [-0.39, 0.29) is 24.4 Å². The average Bonchev–Trinajstić information content (AvgIpc) is 2.84. The van der Waals surface area contributed by atoms with E-state index in [0.29, 0.717) is 31.0 Å². The summed E-state index contributed by atoms with van der Waals surface area (Å²) in [6, 6.07) is 7.18. The molecule has 1 N–H and O–H groups in total. The van der Waals surface area contributed by atoms with E-state index in [9.17, 15) is 14.4 Å². The van der Waals surface area contributed by atoms with Crippen LogP contribution in [0.3, 0.4) is 0 Å². The summed E-state index contributed by atoms with van der Waals surface area (Å²) in [7, 11) is 0. The molecule has 2 amide bonds. The summed E-state index contributed by atoms with van der Waals surface area (Å²) in [4.78, 5) is 39.3. The molecule has 1 unspecified atom stereocenters. The van der Waals surface area contributed by atoms with Crippen LogP contribution in [0.25, 0.3) is 0 Å². The van der Waals surface area contributed by atoms with E-state index in [1.54, 1.807) is 6.07 Å². The van der Waals surface area contributed by atoms with Gasteiger partial charge in [-0.15, -0.1) is 0 Å². The maximum atomic E-state index is 13.2. The Hall–Kier alpha value is -2.08. The monoisotopic (exact) mass is 394 g/mol. The van der Waals surface area contributed by atoms with Gasteiger partial charge in [-0.2, -0.15) is 0 Å². The van der Waals surface area contributed by atoms with Crippen LogP contribution in [0.15, 0.2) is 24.3 Å². The lowest BCUT2D eigenvalue weighted by molar-refractivity contribution is -0.145. The predicted molar refractivity (Wildman–Crippen MR) is 104 cm³/mol. The van der Waals surface area contributed by atoms with E-state index >= 15 is 0 Å². The summed E-state index contributed by atoms with van der Waals surface area (Å²) < 4.78 is 0. The molecule has 1 saturated heterocycles. The molecule has 1 aliphatic rings. The average molecular weight is 395 g/mol. The molecule has 148 valence electrons. The standard InChI is InChI=1S/C20H27ClN2O4/c1-14(24)23(13-18(25)26)15-7-6-11-22(12-10-15)19(27)20(2,3)16-8-4-5-9-17(16)21/h4-5,8-9,15H,6-7,10-13H2,1-3H3,(H,25,26). The van der Waals surface area contributed by atoms with Crippen LogP contribution in [-0.4, -0.2) is 58.4 Å². The molecule has 1 aromatic rings. The van der Waals surface area contributed by atoms with Crippen LogP contribution < -0.4 is 0 Å². The number of benzene rings is 1. The minimum atomic E-state index is -1.03. The maximum absolute atomic E-state index is 13.2. The van der Waals surface area contributed by atoms with Crippen molar-refractivity contribution in [1.82, 2.24) is 9.80 Å². The Kier molecular flexibility index (Phi) is 6.87. The van der Waals surface area contributed by atoms with Crippen LogP contribution in [0.1, 0.15) is 45.6 Å². The molecule has 6 nitrogen and oxygen atoms in total. The predicted octanol–water partition coefficient (Wildman–Crippen LogP) is 2.93. The molecule has 1 heterocycles. The Morgan fingerprint density at radius 1 is 1.22 bits per heavy atom. The van der Waals surface area contributed by atoms with E-state index < -0.39 is 11.4 Å². The van der Waals surface area contributed by atoms with Crippen LogP contribution in [0, 0.1) is 0 Å². The van der Waals surface area contributed by atoms with Crippen LogP contribution in [-0.2, 0) is 19.8 Å². The quantitative estimate of drug-likeness (QED) is 0.832. The number of carboxylic acids is 1. The number of nitrogens with zero attached hydrogens (tertiary/aromatic N) is 2. The third-order valence-corrected chi connectivity index (χ3v) is 5.55. The lowest BCUT2D eigenvalue weighted by atomic mass is 9.83. The molecule has 0 spiro atoms. The molecule has 1 fully saturated rings. The minimum Gasteiger partial charge on any atom is -0.480 e. The fourth-order valence-corrected chi connectivity index (χ4v) is 4.09. The molecule has 7 heteroatoms. The van der Waals surface area contributed by atoms with Crippen molar-refractivity contribution < 1.29 is 19.5 Å². The molecule has 0 saturated carbocycles. The topological polar surface area (TPSA) is 77.9 Å². The number of carbonyl (C=O) groups is 3. The van der Waals surface area contributed by atoms with Gasteiger partial charge in [0.15, 0.2) is 0 Å². The molecule has 2 rings (SSSR count). The third-order valence-electron chi connectivity index (χ3n) is 5.22. The Morgan fingerprint density at radius 2 is 1.89 bits per heavy atom. The summed E-state index contributed by atoms with van der Waals surface area (Å²) >= 11 is 6.30. The van der Waals surface area contributed by atoms with E-state index in [1.807, 2.05) is 36.9 Å². The summed E-state index contributed by atoms with van der Waals surface area (Å²) in [5.74, 6) is -1.29. The van der Waals surface area contributed by atoms with Crippen molar-refractivity contribution in [2.75, 3.05) is 19.6 Å². The molecule has 1 aliphatic heterocycles. The van der Waals surface area contributed by atoms with E-state index in [2.05, 4.69) is 0 Å². The van der Waals surface area contributed by atoms with E-state index in [0.717, 1.165) is 12.0 Å². The SMILES string of the molecule is CC(=O)N(CC(=O)O)C1CCCN(C(=O)C(C)(C)c2ccccc2Cl)CC1. The van der Waals surface area contributed by atoms with Crippen molar-refractivity contribution in [1.29, 1.82) is 0 Å². The number of carbonyl (C=O) groups excluding carboxylic acids is 2. The number of aliphatic carboxylic acids is 1. The molecule has 0 bridgehead atoms. The number of hydrogen-bond acceptors (Lipinski definition) is 3. The number of halogens is 1. The van der Waals surface area contributed by atoms with Crippen molar-refractivity contribution in [3.05, 3.63) is 34.9 Å². The highest BCUT2D eigenvalue weighted by Gasteiger charge is 2.36. The lowest BCUT2D eigenvalue weighted by Gasteiger charge is -2.33. The second kappa shape index (κ2) is 8.74. The zero-order valence-electron chi connectivity index (χ0n) is 16.1. The van der Waals surface area contributed by atoms with Gasteiger partial charge in [0, 0.05) is 31.1 Å². The normalized spacial score (nSPS) is 17.9. The molecular formula is C20H27ClN2O4. The van der Waals surface area contributed by atoms with Crippen molar-refractivity contribution in [2.24, 2.45) is 0 Å². The minimum absolute atomic E-state index is 0.0103. The van der Waals surface area contributed by atoms with Gasteiger partial charge in [0.1, 0.15) is 6.54 Å². The van der Waals surface area contributed by atoms with Gasteiger partial charge >= 0.3 is 5.97 Å². The van der Waals surface area contributed by atoms with Crippen molar-refractivity contribution in [3.8, 4) is 0 Å². The van der Waals surface area contributed by atoms with Gasteiger partial charge in [0.25, 0.3) is 0 Å². The second-order valence-electron chi connectivity index (χ2n) is 7.52. The number of amides is 2. The Labute approximate surface area is 165 Å². The van der Waals surface area contributed by atoms with E-state index in [4.69, 9.17) is 16.7 Å². The van der Waals surface area contributed by atoms with Crippen molar-refractivity contribution in [2.45, 2.75) is 51.5 Å². The summed E-state index contributed by atoms with van der Waals surface area (Å²) in [6.45, 7) is 5.88. The third kappa shape index (κ3) is 5.01. The second-order valence-corrected chi connectivity index (χ2v) is 7.93. The van der Waals surface area contributed by atoms with Gasteiger partial charge in [-0.3, -0.25) is 14.4 Å². The molecule has 1 atom stereocenters. The lowest BCUT2D eigenvalue weighted by Crippen LogP contribution is -2.45. The molecular weight excluding hydrogens is 368 g/mol. The molecule has 0 aromatic heterocycles. The first-order valence-electron chi connectivity index (χ1n) is 9.18. The Balaban J connectivity index is 2.13. The first-order valence-corrected chi connectivity index (χ1v) is 9.55. The highest BCUT2D eigenvalue weighted by molar-refractivity contribution is 6.31. The zero-order chi connectivity index (χ0) is 20.2. The van der Waals surface area contributed by atoms with Gasteiger partial charge in [0.2, 0.25) is 11.8 Å². The summed E-state index contributed by atoms with van der Waals surface area (Å²) in [5, 5.41) is 9.62. The van der Waals surface area contributed by atoms with Crippen molar-refractivity contribution in [3.63, 3.8) is 0 Å².